The van der Waals surface area contributed by atoms with Crippen LogP contribution in [0.1, 0.15) is 39.1 Å². The van der Waals surface area contributed by atoms with E-state index in [9.17, 15) is 26.3 Å². The number of alkyl halides is 6. The van der Waals surface area contributed by atoms with Crippen molar-refractivity contribution in [3.05, 3.63) is 196 Å². The van der Waals surface area contributed by atoms with Crippen LogP contribution in [-0.4, -0.2) is 87.0 Å². The summed E-state index contributed by atoms with van der Waals surface area (Å²) in [5, 5.41) is 13.5. The van der Waals surface area contributed by atoms with E-state index < -0.39 is 30.9 Å². The minimum atomic E-state index is -4.51. The standard InChI is InChI=1S/C17H10F3N5.C11H15BClNO2.C11H7ClN4.C6H3BrF3N.C6H4ClN3/c18-17(19,20)14-5-1-4-13(23-14)16-11(3-2-8-21-16)12-7-10-25-15(24-12)6-9-22-25;1-10(2)11(3,4)16-12(15-10)8-6-5-7-14-9(8)13;12-11-8(2-1-5-13-11)9-4-7-16-10(15-9)3-6-14-16;7-5-3-1-2-4(11-5)6(8,9)10;7-5-2-4-10-6(9-5)1-3-8-10/h1-10H;5-7H,1-4H3;1-7H;1-3H;1-4H. The lowest BCUT2D eigenvalue weighted by molar-refractivity contribution is -0.142. The Morgan fingerprint density at radius 3 is 1.47 bits per heavy atom. The largest absolute Gasteiger partial charge is 0.498 e. The maximum Gasteiger partial charge on any atom is 0.498 e. The van der Waals surface area contributed by atoms with Gasteiger partial charge in [-0.3, -0.25) is 4.98 Å². The highest BCUT2D eigenvalue weighted by molar-refractivity contribution is 9.10. The molecule has 1 aliphatic rings. The van der Waals surface area contributed by atoms with Crippen molar-refractivity contribution in [3.8, 4) is 33.9 Å². The molecule has 12 rings (SSSR count). The third-order valence-electron chi connectivity index (χ3n) is 11.4. The average molecular weight is 1190 g/mol. The highest BCUT2D eigenvalue weighted by Gasteiger charge is 2.52. The second-order valence-corrected chi connectivity index (χ2v) is 19.2. The fourth-order valence-electron chi connectivity index (χ4n) is 6.94. The second-order valence-electron chi connectivity index (χ2n) is 17.2. The molecule has 0 N–H and O–H groups in total. The molecule has 0 radical (unpaired) electrons. The Morgan fingerprint density at radius 2 is 0.949 bits per heavy atom. The summed E-state index contributed by atoms with van der Waals surface area (Å²) in [6.45, 7) is 8.04. The van der Waals surface area contributed by atoms with E-state index in [-0.39, 0.29) is 21.5 Å². The number of hydrogen-bond acceptors (Lipinski definition) is 13. The van der Waals surface area contributed by atoms with E-state index in [1.54, 1.807) is 93.3 Å². The molecule has 398 valence electrons. The van der Waals surface area contributed by atoms with E-state index >= 15 is 0 Å². The van der Waals surface area contributed by atoms with Crippen LogP contribution in [-0.2, 0) is 21.7 Å². The van der Waals surface area contributed by atoms with E-state index in [1.165, 1.54) is 30.5 Å². The number of halogens is 10. The van der Waals surface area contributed by atoms with E-state index in [2.05, 4.69) is 71.1 Å². The second kappa shape index (κ2) is 24.0. The van der Waals surface area contributed by atoms with E-state index in [0.717, 1.165) is 40.1 Å². The molecule has 1 fully saturated rings. The number of fused-ring (bicyclic) bond motifs is 3. The summed E-state index contributed by atoms with van der Waals surface area (Å²) in [5.41, 5.74) is 3.70. The Balaban J connectivity index is 0.000000134. The van der Waals surface area contributed by atoms with Crippen molar-refractivity contribution in [3.63, 3.8) is 0 Å². The third-order valence-corrected chi connectivity index (χ3v) is 12.7. The molecule has 11 aromatic heterocycles. The van der Waals surface area contributed by atoms with Crippen LogP contribution in [0.4, 0.5) is 26.3 Å². The third kappa shape index (κ3) is 14.0. The molecule has 11 aromatic rings. The van der Waals surface area contributed by atoms with Crippen LogP contribution < -0.4 is 5.46 Å². The van der Waals surface area contributed by atoms with Crippen LogP contribution in [0.15, 0.2) is 170 Å². The summed E-state index contributed by atoms with van der Waals surface area (Å²) in [6.07, 6.45) is 6.29. The smallest absolute Gasteiger partial charge is 0.399 e. The number of rotatable bonds is 4. The zero-order valence-electron chi connectivity index (χ0n) is 41.0. The topological polar surface area (TPSA) is 173 Å². The number of nitrogens with zero attached hydrogens (tertiary/aromatic N) is 14. The predicted octanol–water partition coefficient (Wildman–Crippen LogP) is 12.6. The van der Waals surface area contributed by atoms with Crippen molar-refractivity contribution >= 4 is 80.3 Å². The van der Waals surface area contributed by atoms with Gasteiger partial charge in [0, 0.05) is 72.0 Å². The van der Waals surface area contributed by atoms with Crippen LogP contribution in [0, 0.1) is 0 Å². The van der Waals surface area contributed by atoms with E-state index in [0.29, 0.717) is 38.1 Å². The zero-order chi connectivity index (χ0) is 55.8. The summed E-state index contributed by atoms with van der Waals surface area (Å²) in [4.78, 5) is 32.1. The molecule has 0 bridgehead atoms. The lowest BCUT2D eigenvalue weighted by Crippen LogP contribution is -2.41. The number of pyridine rings is 5. The van der Waals surface area contributed by atoms with Gasteiger partial charge in [-0.2, -0.15) is 41.6 Å². The minimum Gasteiger partial charge on any atom is -0.399 e. The molecule has 78 heavy (non-hydrogen) atoms. The normalized spacial score (nSPS) is 13.6. The first-order chi connectivity index (χ1) is 37.1. The first-order valence-corrected chi connectivity index (χ1v) is 24.8. The van der Waals surface area contributed by atoms with Gasteiger partial charge in [0.1, 0.15) is 31.5 Å². The maximum absolute atomic E-state index is 12.9. The van der Waals surface area contributed by atoms with Crippen molar-refractivity contribution in [2.24, 2.45) is 0 Å². The zero-order valence-corrected chi connectivity index (χ0v) is 44.9. The SMILES string of the molecule is CC1(C)OB(c2cccnc2Cl)OC1(C)C.Clc1ccn2nccc2n1.Clc1ncccc1-c1ccn2nccc2n1.FC(F)(F)c1cccc(-c2ncccc2-c2ccn3nccc3n2)n1.FC(F)(F)c1cccc(Br)n1. The molecule has 1 saturated heterocycles. The van der Waals surface area contributed by atoms with Crippen LogP contribution >= 0.6 is 50.7 Å². The highest BCUT2D eigenvalue weighted by atomic mass is 79.9. The monoisotopic (exact) mass is 1190 g/mol. The number of hydrogen-bond donors (Lipinski definition) is 0. The maximum atomic E-state index is 12.9. The van der Waals surface area contributed by atoms with Gasteiger partial charge in [-0.15, -0.1) is 0 Å². The van der Waals surface area contributed by atoms with Crippen LogP contribution in [0.2, 0.25) is 15.5 Å². The van der Waals surface area contributed by atoms with Gasteiger partial charge in [0.05, 0.1) is 52.6 Å². The van der Waals surface area contributed by atoms with Crippen molar-refractivity contribution in [1.82, 2.24) is 68.7 Å². The van der Waals surface area contributed by atoms with Gasteiger partial charge in [0.25, 0.3) is 0 Å². The van der Waals surface area contributed by atoms with Gasteiger partial charge in [-0.1, -0.05) is 53.0 Å². The molecule has 0 amide bonds. The van der Waals surface area contributed by atoms with Gasteiger partial charge >= 0.3 is 19.5 Å². The van der Waals surface area contributed by atoms with Crippen molar-refractivity contribution in [2.75, 3.05) is 0 Å². The van der Waals surface area contributed by atoms with Gasteiger partial charge in [-0.05, 0) is 116 Å². The number of aromatic nitrogens is 14. The molecule has 27 heteroatoms. The first-order valence-electron chi connectivity index (χ1n) is 22.9. The van der Waals surface area contributed by atoms with Crippen LogP contribution in [0.3, 0.4) is 0 Å². The summed E-state index contributed by atoms with van der Waals surface area (Å²) in [6, 6.07) is 28.9. The summed E-state index contributed by atoms with van der Waals surface area (Å²) in [5.74, 6) is 0. The fraction of sp³-hybridized carbons (Fsp3) is 0.157. The summed E-state index contributed by atoms with van der Waals surface area (Å²) >= 11 is 20.5. The first kappa shape index (κ1) is 56.7. The minimum absolute atomic E-state index is 0.139. The molecule has 0 spiro atoms. The van der Waals surface area contributed by atoms with Gasteiger partial charge in [0.2, 0.25) is 0 Å². The summed E-state index contributed by atoms with van der Waals surface area (Å²) < 4.78 is 91.4. The molecule has 12 heterocycles. The lowest BCUT2D eigenvalue weighted by Gasteiger charge is -2.32. The molecule has 16 nitrogen and oxygen atoms in total. The molecule has 0 atom stereocenters. The Kier molecular flexibility index (Phi) is 17.5. The van der Waals surface area contributed by atoms with Crippen molar-refractivity contribution in [2.45, 2.75) is 51.2 Å². The van der Waals surface area contributed by atoms with Crippen molar-refractivity contribution in [1.29, 1.82) is 0 Å². The molecule has 0 unspecified atom stereocenters. The van der Waals surface area contributed by atoms with Crippen LogP contribution in [0.5, 0.6) is 0 Å². The fourth-order valence-corrected chi connectivity index (χ4v) is 7.85. The Labute approximate surface area is 463 Å². The highest BCUT2D eigenvalue weighted by Crippen LogP contribution is 2.37. The van der Waals surface area contributed by atoms with Gasteiger partial charge in [-0.25, -0.2) is 48.4 Å². The predicted molar refractivity (Wildman–Crippen MR) is 286 cm³/mol. The van der Waals surface area contributed by atoms with Crippen molar-refractivity contribution < 1.29 is 35.7 Å². The van der Waals surface area contributed by atoms with E-state index in [4.69, 9.17) is 44.1 Å². The molecule has 0 saturated carbocycles. The molecule has 0 aliphatic carbocycles. The Hall–Kier alpha value is -7.48. The Morgan fingerprint density at radius 1 is 0.474 bits per heavy atom. The summed E-state index contributed by atoms with van der Waals surface area (Å²) in [7, 11) is -0.439. The Bertz CT molecular complexity index is 3810. The van der Waals surface area contributed by atoms with Gasteiger partial charge in [0.15, 0.2) is 16.9 Å². The average Bonchev–Trinajstić information content (AvgIpc) is 4.23. The molecule has 0 aromatic carbocycles. The molecular formula is C51H39BBrCl3F6N14O2. The van der Waals surface area contributed by atoms with Crippen LogP contribution in [0.25, 0.3) is 50.8 Å². The lowest BCUT2D eigenvalue weighted by atomic mass is 9.80. The van der Waals surface area contributed by atoms with Gasteiger partial charge < -0.3 is 9.31 Å². The molecular weight excluding hydrogens is 1150 g/mol. The van der Waals surface area contributed by atoms with E-state index in [1.807, 2.05) is 70.3 Å². The quantitative estimate of drug-likeness (QED) is 0.0705. The molecule has 1 aliphatic heterocycles.